The average molecular weight is 204 g/mol. The predicted octanol–water partition coefficient (Wildman–Crippen LogP) is 2.92. The van der Waals surface area contributed by atoms with Gasteiger partial charge in [-0.2, -0.15) is 13.2 Å². The molecule has 5 heteroatoms. The second kappa shape index (κ2) is 3.86. The standard InChI is InChI=1S/C9H11F3N2/c1-6(2)14-7-3-4-8(13-5-7)9(10,11)12/h3-6,14H,1-2H3. The van der Waals surface area contributed by atoms with Crippen molar-refractivity contribution in [2.45, 2.75) is 26.1 Å². The molecule has 14 heavy (non-hydrogen) atoms. The summed E-state index contributed by atoms with van der Waals surface area (Å²) in [6, 6.07) is 2.51. The van der Waals surface area contributed by atoms with Gasteiger partial charge in [-0.3, -0.25) is 0 Å². The van der Waals surface area contributed by atoms with Crippen LogP contribution in [0.1, 0.15) is 19.5 Å². The number of alkyl halides is 3. The zero-order valence-corrected chi connectivity index (χ0v) is 7.89. The van der Waals surface area contributed by atoms with Crippen molar-refractivity contribution < 1.29 is 13.2 Å². The molecule has 0 aromatic carbocycles. The summed E-state index contributed by atoms with van der Waals surface area (Å²) < 4.78 is 36.3. The van der Waals surface area contributed by atoms with Crippen LogP contribution >= 0.6 is 0 Å². The van der Waals surface area contributed by atoms with Gasteiger partial charge in [-0.15, -0.1) is 0 Å². The molecule has 0 saturated heterocycles. The first kappa shape index (κ1) is 10.8. The number of nitrogens with zero attached hydrogens (tertiary/aromatic N) is 1. The number of nitrogens with one attached hydrogen (secondary N) is 1. The van der Waals surface area contributed by atoms with Crippen LogP contribution in [0.2, 0.25) is 0 Å². The van der Waals surface area contributed by atoms with Crippen molar-refractivity contribution in [3.63, 3.8) is 0 Å². The van der Waals surface area contributed by atoms with Crippen molar-refractivity contribution in [2.75, 3.05) is 5.32 Å². The minimum atomic E-state index is -4.36. The summed E-state index contributed by atoms with van der Waals surface area (Å²) in [6.07, 6.45) is -3.18. The molecular formula is C9H11F3N2. The van der Waals surface area contributed by atoms with Gasteiger partial charge in [0.15, 0.2) is 0 Å². The third-order valence-electron chi connectivity index (χ3n) is 1.51. The quantitative estimate of drug-likeness (QED) is 0.801. The molecule has 0 aliphatic rings. The molecule has 0 atom stereocenters. The second-order valence-electron chi connectivity index (χ2n) is 3.23. The fraction of sp³-hybridized carbons (Fsp3) is 0.444. The van der Waals surface area contributed by atoms with Crippen molar-refractivity contribution >= 4 is 5.69 Å². The molecule has 2 nitrogen and oxygen atoms in total. The van der Waals surface area contributed by atoms with Crippen LogP contribution in [-0.2, 0) is 6.18 Å². The van der Waals surface area contributed by atoms with Gasteiger partial charge in [-0.05, 0) is 26.0 Å². The van der Waals surface area contributed by atoms with E-state index in [4.69, 9.17) is 0 Å². The van der Waals surface area contributed by atoms with Crippen molar-refractivity contribution in [2.24, 2.45) is 0 Å². The molecule has 0 saturated carbocycles. The van der Waals surface area contributed by atoms with Crippen molar-refractivity contribution in [3.05, 3.63) is 24.0 Å². The number of rotatable bonds is 2. The van der Waals surface area contributed by atoms with Crippen LogP contribution in [0.25, 0.3) is 0 Å². The van der Waals surface area contributed by atoms with E-state index in [-0.39, 0.29) is 6.04 Å². The molecule has 0 spiro atoms. The van der Waals surface area contributed by atoms with Crippen LogP contribution in [0.4, 0.5) is 18.9 Å². The summed E-state index contributed by atoms with van der Waals surface area (Å²) >= 11 is 0. The average Bonchev–Trinajstić information content (AvgIpc) is 2.02. The van der Waals surface area contributed by atoms with Gasteiger partial charge in [0.25, 0.3) is 0 Å². The summed E-state index contributed by atoms with van der Waals surface area (Å²) in [5, 5.41) is 2.95. The Morgan fingerprint density at radius 1 is 1.29 bits per heavy atom. The second-order valence-corrected chi connectivity index (χ2v) is 3.23. The third-order valence-corrected chi connectivity index (χ3v) is 1.51. The molecular weight excluding hydrogens is 193 g/mol. The lowest BCUT2D eigenvalue weighted by molar-refractivity contribution is -0.141. The van der Waals surface area contributed by atoms with E-state index in [1.165, 1.54) is 12.3 Å². The van der Waals surface area contributed by atoms with Gasteiger partial charge in [0.05, 0.1) is 11.9 Å². The van der Waals surface area contributed by atoms with E-state index in [0.29, 0.717) is 5.69 Å². The Balaban J connectivity index is 2.79. The van der Waals surface area contributed by atoms with E-state index in [9.17, 15) is 13.2 Å². The van der Waals surface area contributed by atoms with Gasteiger partial charge in [0.2, 0.25) is 0 Å². The molecule has 78 valence electrons. The normalized spacial score (nSPS) is 11.9. The Morgan fingerprint density at radius 3 is 2.29 bits per heavy atom. The molecule has 0 radical (unpaired) electrons. The molecule has 1 N–H and O–H groups in total. The zero-order valence-electron chi connectivity index (χ0n) is 7.89. The zero-order chi connectivity index (χ0) is 10.8. The van der Waals surface area contributed by atoms with Gasteiger partial charge in [0.1, 0.15) is 5.69 Å². The van der Waals surface area contributed by atoms with Gasteiger partial charge in [-0.1, -0.05) is 0 Å². The van der Waals surface area contributed by atoms with Crippen LogP contribution < -0.4 is 5.32 Å². The van der Waals surface area contributed by atoms with E-state index in [1.54, 1.807) is 0 Å². The molecule has 0 aliphatic heterocycles. The number of aromatic nitrogens is 1. The Labute approximate surface area is 80.2 Å². The predicted molar refractivity (Wildman–Crippen MR) is 48.0 cm³/mol. The van der Waals surface area contributed by atoms with Crippen LogP contribution in [0.15, 0.2) is 18.3 Å². The van der Waals surface area contributed by atoms with E-state index in [2.05, 4.69) is 10.3 Å². The van der Waals surface area contributed by atoms with E-state index >= 15 is 0 Å². The lowest BCUT2D eigenvalue weighted by Crippen LogP contribution is -2.11. The molecule has 0 fully saturated rings. The Morgan fingerprint density at radius 2 is 1.93 bits per heavy atom. The number of pyridine rings is 1. The SMILES string of the molecule is CC(C)Nc1ccc(C(F)(F)F)nc1. The lowest BCUT2D eigenvalue weighted by atomic mass is 10.3. The minimum absolute atomic E-state index is 0.175. The first-order valence-corrected chi connectivity index (χ1v) is 4.19. The summed E-state index contributed by atoms with van der Waals surface area (Å²) in [5.41, 5.74) is -0.278. The molecule has 1 aromatic rings. The van der Waals surface area contributed by atoms with Gasteiger partial charge in [-0.25, -0.2) is 4.98 Å². The third kappa shape index (κ3) is 2.90. The fourth-order valence-corrected chi connectivity index (χ4v) is 0.980. The summed E-state index contributed by atoms with van der Waals surface area (Å²) in [6.45, 7) is 3.80. The Kier molecular flexibility index (Phi) is 2.98. The highest BCUT2D eigenvalue weighted by molar-refractivity contribution is 5.41. The van der Waals surface area contributed by atoms with E-state index < -0.39 is 11.9 Å². The van der Waals surface area contributed by atoms with Gasteiger partial charge < -0.3 is 5.32 Å². The molecule has 0 bridgehead atoms. The van der Waals surface area contributed by atoms with Crippen LogP contribution in [0.5, 0.6) is 0 Å². The first-order chi connectivity index (χ1) is 6.39. The number of hydrogen-bond donors (Lipinski definition) is 1. The van der Waals surface area contributed by atoms with E-state index in [0.717, 1.165) is 6.07 Å². The first-order valence-electron chi connectivity index (χ1n) is 4.19. The molecule has 1 heterocycles. The smallest absolute Gasteiger partial charge is 0.382 e. The van der Waals surface area contributed by atoms with Gasteiger partial charge >= 0.3 is 6.18 Å². The molecule has 0 aliphatic carbocycles. The molecule has 0 unspecified atom stereocenters. The lowest BCUT2D eigenvalue weighted by Gasteiger charge is -2.10. The molecule has 0 amide bonds. The summed E-state index contributed by atoms with van der Waals surface area (Å²) in [7, 11) is 0. The summed E-state index contributed by atoms with van der Waals surface area (Å²) in [5.74, 6) is 0. The van der Waals surface area contributed by atoms with E-state index in [1.807, 2.05) is 13.8 Å². The number of halogens is 3. The van der Waals surface area contributed by atoms with Crippen molar-refractivity contribution in [1.82, 2.24) is 4.98 Å². The Bertz CT molecular complexity index is 290. The maximum Gasteiger partial charge on any atom is 0.433 e. The van der Waals surface area contributed by atoms with Crippen LogP contribution in [0, 0.1) is 0 Å². The minimum Gasteiger partial charge on any atom is -0.382 e. The van der Waals surface area contributed by atoms with Crippen molar-refractivity contribution in [1.29, 1.82) is 0 Å². The highest BCUT2D eigenvalue weighted by Gasteiger charge is 2.31. The maximum absolute atomic E-state index is 12.1. The van der Waals surface area contributed by atoms with Crippen LogP contribution in [0.3, 0.4) is 0 Å². The monoisotopic (exact) mass is 204 g/mol. The topological polar surface area (TPSA) is 24.9 Å². The molecule has 1 rings (SSSR count). The Hall–Kier alpha value is -1.26. The summed E-state index contributed by atoms with van der Waals surface area (Å²) in [4.78, 5) is 3.32. The molecule has 1 aromatic heterocycles. The highest BCUT2D eigenvalue weighted by Crippen LogP contribution is 2.27. The van der Waals surface area contributed by atoms with Crippen LogP contribution in [-0.4, -0.2) is 11.0 Å². The highest BCUT2D eigenvalue weighted by atomic mass is 19.4. The number of hydrogen-bond acceptors (Lipinski definition) is 2. The van der Waals surface area contributed by atoms with Gasteiger partial charge in [0, 0.05) is 6.04 Å². The fourth-order valence-electron chi connectivity index (χ4n) is 0.980. The number of anilines is 1. The van der Waals surface area contributed by atoms with Crippen molar-refractivity contribution in [3.8, 4) is 0 Å². The maximum atomic E-state index is 12.1. The largest absolute Gasteiger partial charge is 0.433 e.